The molecule has 1 aliphatic heterocycles. The average molecular weight is 205 g/mol. The van der Waals surface area contributed by atoms with Crippen molar-refractivity contribution < 1.29 is 4.92 Å². The second kappa shape index (κ2) is 3.34. The fourth-order valence-corrected chi connectivity index (χ4v) is 1.85. The molecule has 1 aromatic rings. The maximum absolute atomic E-state index is 10.6. The van der Waals surface area contributed by atoms with Crippen molar-refractivity contribution in [3.05, 3.63) is 33.9 Å². The van der Waals surface area contributed by atoms with Crippen LogP contribution in [0, 0.1) is 15.5 Å². The minimum Gasteiger partial charge on any atom is -0.330 e. The lowest BCUT2D eigenvalue weighted by Crippen LogP contribution is -2.25. The number of rotatable bonds is 1. The Morgan fingerprint density at radius 3 is 2.93 bits per heavy atom. The highest BCUT2D eigenvalue weighted by atomic mass is 16.6. The van der Waals surface area contributed by atoms with Crippen LogP contribution < -0.4 is 4.90 Å². The predicted octanol–water partition coefficient (Wildman–Crippen LogP) is 1.95. The Morgan fingerprint density at radius 2 is 2.33 bits per heavy atom. The lowest BCUT2D eigenvalue weighted by molar-refractivity contribution is -0.384. The number of hydrogen-bond donors (Lipinski definition) is 1. The van der Waals surface area contributed by atoms with Crippen molar-refractivity contribution in [2.75, 3.05) is 11.4 Å². The van der Waals surface area contributed by atoms with Gasteiger partial charge >= 0.3 is 0 Å². The molecule has 1 heterocycles. The van der Waals surface area contributed by atoms with Crippen LogP contribution >= 0.6 is 0 Å². The fourth-order valence-electron chi connectivity index (χ4n) is 1.85. The molecule has 0 bridgehead atoms. The summed E-state index contributed by atoms with van der Waals surface area (Å²) >= 11 is 0. The molecule has 1 N–H and O–H groups in total. The normalized spacial score (nSPS) is 13.8. The summed E-state index contributed by atoms with van der Waals surface area (Å²) < 4.78 is 0. The second-order valence-corrected chi connectivity index (χ2v) is 3.56. The first-order valence-corrected chi connectivity index (χ1v) is 4.69. The maximum Gasteiger partial charge on any atom is 0.269 e. The van der Waals surface area contributed by atoms with Crippen molar-refractivity contribution in [3.8, 4) is 0 Å². The Labute approximate surface area is 87.0 Å². The molecule has 5 heteroatoms. The van der Waals surface area contributed by atoms with E-state index in [4.69, 9.17) is 5.41 Å². The second-order valence-electron chi connectivity index (χ2n) is 3.56. The third kappa shape index (κ3) is 1.56. The van der Waals surface area contributed by atoms with Gasteiger partial charge in [0.15, 0.2) is 0 Å². The van der Waals surface area contributed by atoms with E-state index in [1.165, 1.54) is 6.07 Å². The summed E-state index contributed by atoms with van der Waals surface area (Å²) in [4.78, 5) is 12.0. The van der Waals surface area contributed by atoms with Gasteiger partial charge in [0, 0.05) is 24.4 Å². The van der Waals surface area contributed by atoms with Gasteiger partial charge in [0.25, 0.3) is 5.69 Å². The van der Waals surface area contributed by atoms with E-state index in [0.717, 1.165) is 24.2 Å². The Morgan fingerprint density at radius 1 is 1.60 bits per heavy atom. The summed E-state index contributed by atoms with van der Waals surface area (Å²) in [5.41, 5.74) is 2.00. The number of nitrogens with one attached hydrogen (secondary N) is 1. The molecule has 1 aromatic carbocycles. The van der Waals surface area contributed by atoms with Crippen molar-refractivity contribution >= 4 is 17.2 Å². The van der Waals surface area contributed by atoms with E-state index in [9.17, 15) is 10.1 Å². The van der Waals surface area contributed by atoms with Gasteiger partial charge in [-0.25, -0.2) is 0 Å². The van der Waals surface area contributed by atoms with Crippen LogP contribution in [0.1, 0.15) is 12.5 Å². The zero-order valence-corrected chi connectivity index (χ0v) is 8.36. The molecule has 0 saturated heterocycles. The van der Waals surface area contributed by atoms with Crippen molar-refractivity contribution in [1.82, 2.24) is 0 Å². The average Bonchev–Trinajstić information content (AvgIpc) is 2.59. The van der Waals surface area contributed by atoms with Gasteiger partial charge in [-0.3, -0.25) is 15.5 Å². The quantitative estimate of drug-likeness (QED) is 0.329. The highest BCUT2D eigenvalue weighted by Crippen LogP contribution is 2.31. The Bertz CT molecular complexity index is 442. The lowest BCUT2D eigenvalue weighted by atomic mass is 10.1. The summed E-state index contributed by atoms with van der Waals surface area (Å²) in [6, 6.07) is 4.80. The van der Waals surface area contributed by atoms with E-state index in [1.54, 1.807) is 19.1 Å². The van der Waals surface area contributed by atoms with Gasteiger partial charge in [0.05, 0.1) is 10.8 Å². The molecular weight excluding hydrogens is 194 g/mol. The van der Waals surface area contributed by atoms with Crippen LogP contribution in [0.2, 0.25) is 0 Å². The first-order valence-electron chi connectivity index (χ1n) is 4.69. The van der Waals surface area contributed by atoms with E-state index in [0.29, 0.717) is 5.84 Å². The SMILES string of the molecule is CC(=N)N1CCc2cc([N+](=O)[O-])ccc21. The standard InChI is InChI=1S/C10H11N3O2/c1-7(11)12-5-4-8-6-9(13(14)15)2-3-10(8)12/h2-3,6,11H,4-5H2,1H3. The van der Waals surface area contributed by atoms with Gasteiger partial charge in [0.2, 0.25) is 0 Å². The first-order chi connectivity index (χ1) is 7.09. The number of fused-ring (bicyclic) bond motifs is 1. The highest BCUT2D eigenvalue weighted by molar-refractivity contribution is 5.95. The molecule has 0 atom stereocenters. The van der Waals surface area contributed by atoms with Crippen molar-refractivity contribution in [2.24, 2.45) is 0 Å². The predicted molar refractivity (Wildman–Crippen MR) is 57.5 cm³/mol. The summed E-state index contributed by atoms with van der Waals surface area (Å²) in [7, 11) is 0. The molecule has 2 rings (SSSR count). The molecule has 1 aliphatic rings. The van der Waals surface area contributed by atoms with E-state index in [-0.39, 0.29) is 10.6 Å². The van der Waals surface area contributed by atoms with E-state index in [2.05, 4.69) is 0 Å². The van der Waals surface area contributed by atoms with Gasteiger partial charge in [0.1, 0.15) is 0 Å². The third-order valence-electron chi connectivity index (χ3n) is 2.57. The highest BCUT2D eigenvalue weighted by Gasteiger charge is 2.22. The van der Waals surface area contributed by atoms with E-state index in [1.807, 2.05) is 4.90 Å². The minimum atomic E-state index is -0.389. The number of non-ortho nitro benzene ring substituents is 1. The smallest absolute Gasteiger partial charge is 0.269 e. The third-order valence-corrected chi connectivity index (χ3v) is 2.57. The Hall–Kier alpha value is -1.91. The zero-order chi connectivity index (χ0) is 11.0. The lowest BCUT2D eigenvalue weighted by Gasteiger charge is -2.16. The monoisotopic (exact) mass is 205 g/mol. The van der Waals surface area contributed by atoms with E-state index >= 15 is 0 Å². The molecule has 0 radical (unpaired) electrons. The van der Waals surface area contributed by atoms with Gasteiger partial charge in [-0.05, 0) is 25.0 Å². The molecule has 0 aliphatic carbocycles. The van der Waals surface area contributed by atoms with Crippen LogP contribution in [-0.4, -0.2) is 17.3 Å². The molecule has 0 saturated carbocycles. The van der Waals surface area contributed by atoms with E-state index < -0.39 is 0 Å². The van der Waals surface area contributed by atoms with Gasteiger partial charge in [-0.1, -0.05) is 0 Å². The van der Waals surface area contributed by atoms with Gasteiger partial charge in [-0.2, -0.15) is 0 Å². The van der Waals surface area contributed by atoms with Gasteiger partial charge in [-0.15, -0.1) is 0 Å². The largest absolute Gasteiger partial charge is 0.330 e. The molecule has 0 unspecified atom stereocenters. The molecule has 0 aromatic heterocycles. The van der Waals surface area contributed by atoms with Crippen molar-refractivity contribution in [1.29, 1.82) is 5.41 Å². The summed E-state index contributed by atoms with van der Waals surface area (Å²) in [6.07, 6.45) is 0.771. The first kappa shape index (κ1) is 9.64. The number of benzene rings is 1. The zero-order valence-electron chi connectivity index (χ0n) is 8.36. The van der Waals surface area contributed by atoms with Crippen LogP contribution in [-0.2, 0) is 6.42 Å². The van der Waals surface area contributed by atoms with Crippen LogP contribution in [0.15, 0.2) is 18.2 Å². The summed E-state index contributed by atoms with van der Waals surface area (Å²) in [6.45, 7) is 2.46. The number of nitro benzene ring substituents is 1. The summed E-state index contributed by atoms with van der Waals surface area (Å²) in [5, 5.41) is 18.1. The molecule has 0 spiro atoms. The molecule has 15 heavy (non-hydrogen) atoms. The molecular formula is C10H11N3O2. The number of anilines is 1. The maximum atomic E-state index is 10.6. The molecule has 0 amide bonds. The molecule has 78 valence electrons. The molecule has 5 nitrogen and oxygen atoms in total. The number of amidine groups is 1. The number of nitro groups is 1. The van der Waals surface area contributed by atoms with Crippen LogP contribution in [0.5, 0.6) is 0 Å². The van der Waals surface area contributed by atoms with Crippen molar-refractivity contribution in [3.63, 3.8) is 0 Å². The van der Waals surface area contributed by atoms with Crippen molar-refractivity contribution in [2.45, 2.75) is 13.3 Å². The fraction of sp³-hybridized carbons (Fsp3) is 0.300. The van der Waals surface area contributed by atoms with Gasteiger partial charge < -0.3 is 4.90 Å². The van der Waals surface area contributed by atoms with Crippen LogP contribution in [0.25, 0.3) is 0 Å². The van der Waals surface area contributed by atoms with Crippen LogP contribution in [0.4, 0.5) is 11.4 Å². The Kier molecular flexibility index (Phi) is 2.15. The summed E-state index contributed by atoms with van der Waals surface area (Å²) in [5.74, 6) is 0.475. The van der Waals surface area contributed by atoms with Crippen LogP contribution in [0.3, 0.4) is 0 Å². The minimum absolute atomic E-state index is 0.123. The Balaban J connectivity index is 2.42. The number of hydrogen-bond acceptors (Lipinski definition) is 3. The molecule has 0 fully saturated rings. The topological polar surface area (TPSA) is 70.2 Å². The number of nitrogens with zero attached hydrogens (tertiary/aromatic N) is 2.